The summed E-state index contributed by atoms with van der Waals surface area (Å²) in [5.74, 6) is -0.239. The number of rotatable bonds is 5. The molecular formula is C20H16N4OS. The Morgan fingerprint density at radius 2 is 2.00 bits per heavy atom. The second-order valence-electron chi connectivity index (χ2n) is 5.73. The largest absolute Gasteiger partial charge is 0.331 e. The third kappa shape index (κ3) is 3.41. The van der Waals surface area contributed by atoms with Crippen molar-refractivity contribution in [3.8, 4) is 0 Å². The zero-order chi connectivity index (χ0) is 17.8. The molecule has 1 aromatic carbocycles. The molecule has 0 aliphatic carbocycles. The third-order valence-electron chi connectivity index (χ3n) is 3.99. The van der Waals surface area contributed by atoms with Gasteiger partial charge in [0, 0.05) is 12.7 Å². The maximum absolute atomic E-state index is 12.7. The van der Waals surface area contributed by atoms with Crippen LogP contribution in [0.2, 0.25) is 0 Å². The highest BCUT2D eigenvalue weighted by Gasteiger charge is 2.16. The van der Waals surface area contributed by atoms with Crippen LogP contribution in [0.25, 0.3) is 10.2 Å². The minimum Gasteiger partial charge on any atom is -0.331 e. The fraction of sp³-hybridized carbons (Fsp3) is 0.0500. The fourth-order valence-electron chi connectivity index (χ4n) is 2.77. The van der Waals surface area contributed by atoms with E-state index in [0.717, 1.165) is 15.8 Å². The summed E-state index contributed by atoms with van der Waals surface area (Å²) in [6, 6.07) is 19.6. The van der Waals surface area contributed by atoms with Crippen molar-refractivity contribution < 1.29 is 4.79 Å². The predicted molar refractivity (Wildman–Crippen MR) is 105 cm³/mol. The molecule has 0 atom stereocenters. The van der Waals surface area contributed by atoms with Crippen molar-refractivity contribution >= 4 is 33.7 Å². The Bertz CT molecular complexity index is 1050. The summed E-state index contributed by atoms with van der Waals surface area (Å²) in [4.78, 5) is 16.8. The lowest BCUT2D eigenvalue weighted by molar-refractivity contribution is 0.0947. The first-order valence-corrected chi connectivity index (χ1v) is 9.04. The molecule has 3 heterocycles. The number of pyridine rings is 1. The van der Waals surface area contributed by atoms with E-state index < -0.39 is 0 Å². The molecule has 1 amide bonds. The van der Waals surface area contributed by atoms with Crippen LogP contribution in [0.3, 0.4) is 0 Å². The van der Waals surface area contributed by atoms with Crippen molar-refractivity contribution in [1.29, 1.82) is 0 Å². The minimum atomic E-state index is -0.239. The van der Waals surface area contributed by atoms with Crippen LogP contribution >= 0.6 is 11.3 Å². The van der Waals surface area contributed by atoms with Crippen LogP contribution in [0, 0.1) is 0 Å². The van der Waals surface area contributed by atoms with Crippen molar-refractivity contribution in [2.24, 2.45) is 5.10 Å². The van der Waals surface area contributed by atoms with Gasteiger partial charge >= 0.3 is 0 Å². The zero-order valence-corrected chi connectivity index (χ0v) is 14.7. The molecule has 6 heteroatoms. The van der Waals surface area contributed by atoms with E-state index in [4.69, 9.17) is 0 Å². The van der Waals surface area contributed by atoms with Crippen molar-refractivity contribution in [2.75, 3.05) is 0 Å². The molecule has 0 aliphatic rings. The number of nitrogens with zero attached hydrogens (tertiary/aromatic N) is 3. The number of fused-ring (bicyclic) bond motifs is 1. The van der Waals surface area contributed by atoms with Crippen LogP contribution < -0.4 is 5.43 Å². The molecule has 0 radical (unpaired) electrons. The number of hydrogen-bond donors (Lipinski definition) is 1. The zero-order valence-electron chi connectivity index (χ0n) is 13.9. The fourth-order valence-corrected chi connectivity index (χ4v) is 3.59. The smallest absolute Gasteiger partial charge is 0.288 e. The molecule has 0 unspecified atom stereocenters. The van der Waals surface area contributed by atoms with Gasteiger partial charge in [-0.1, -0.05) is 36.4 Å². The summed E-state index contributed by atoms with van der Waals surface area (Å²) in [6.07, 6.45) is 3.22. The summed E-state index contributed by atoms with van der Waals surface area (Å²) < 4.78 is 3.10. The Morgan fingerprint density at radius 3 is 2.81 bits per heavy atom. The van der Waals surface area contributed by atoms with Gasteiger partial charge in [-0.2, -0.15) is 5.10 Å². The number of hydrogen-bond acceptors (Lipinski definition) is 4. The third-order valence-corrected chi connectivity index (χ3v) is 4.84. The topological polar surface area (TPSA) is 59.3 Å². The molecule has 0 saturated carbocycles. The highest BCUT2D eigenvalue weighted by Crippen LogP contribution is 2.26. The molecule has 26 heavy (non-hydrogen) atoms. The van der Waals surface area contributed by atoms with Crippen molar-refractivity contribution in [1.82, 2.24) is 15.0 Å². The van der Waals surface area contributed by atoms with Gasteiger partial charge in [0.1, 0.15) is 5.69 Å². The first kappa shape index (κ1) is 16.2. The normalized spacial score (nSPS) is 11.2. The summed E-state index contributed by atoms with van der Waals surface area (Å²) in [6.45, 7) is 0.633. The first-order valence-electron chi connectivity index (χ1n) is 8.16. The summed E-state index contributed by atoms with van der Waals surface area (Å²) in [7, 11) is 0. The van der Waals surface area contributed by atoms with Gasteiger partial charge in [0.15, 0.2) is 0 Å². The standard InChI is InChI=1S/C20H16N4OS/c25-20(23-22-13-16-8-4-5-10-21-16)18-12-19-17(9-11-26-19)24(18)14-15-6-2-1-3-7-15/h1-13H,14H2,(H,23,25)/b22-13+. The quantitative estimate of drug-likeness (QED) is 0.433. The number of hydrazone groups is 1. The molecule has 3 aromatic heterocycles. The van der Waals surface area contributed by atoms with Gasteiger partial charge in [-0.3, -0.25) is 9.78 Å². The lowest BCUT2D eigenvalue weighted by Crippen LogP contribution is -2.21. The van der Waals surface area contributed by atoms with Crippen molar-refractivity contribution in [3.63, 3.8) is 0 Å². The SMILES string of the molecule is O=C(N/N=C/c1ccccn1)c1cc2sccc2n1Cc1ccccc1. The Balaban J connectivity index is 1.59. The Morgan fingerprint density at radius 1 is 1.15 bits per heavy atom. The Hall–Kier alpha value is -3.25. The molecule has 4 aromatic rings. The van der Waals surface area contributed by atoms with Gasteiger partial charge in [0.25, 0.3) is 5.91 Å². The van der Waals surface area contributed by atoms with Crippen LogP contribution in [0.1, 0.15) is 21.7 Å². The van der Waals surface area contributed by atoms with Crippen LogP contribution in [0.4, 0.5) is 0 Å². The van der Waals surface area contributed by atoms with E-state index in [9.17, 15) is 4.79 Å². The molecule has 4 rings (SSSR count). The Labute approximate surface area is 154 Å². The molecule has 0 fully saturated rings. The van der Waals surface area contributed by atoms with Crippen molar-refractivity contribution in [2.45, 2.75) is 6.54 Å². The van der Waals surface area contributed by atoms with Gasteiger partial charge in [-0.05, 0) is 35.2 Å². The summed E-state index contributed by atoms with van der Waals surface area (Å²) >= 11 is 1.62. The van der Waals surface area contributed by atoms with E-state index in [1.54, 1.807) is 17.5 Å². The Kier molecular flexibility index (Phi) is 4.57. The second kappa shape index (κ2) is 7.33. The number of nitrogens with one attached hydrogen (secondary N) is 1. The average Bonchev–Trinajstić information content (AvgIpc) is 3.26. The number of benzene rings is 1. The maximum Gasteiger partial charge on any atom is 0.288 e. The van der Waals surface area contributed by atoms with Crippen LogP contribution in [-0.4, -0.2) is 21.7 Å². The molecule has 0 bridgehead atoms. The molecule has 0 spiro atoms. The highest BCUT2D eigenvalue weighted by atomic mass is 32.1. The van der Waals surface area contributed by atoms with E-state index in [2.05, 4.69) is 27.6 Å². The van der Waals surface area contributed by atoms with Gasteiger partial charge < -0.3 is 4.57 Å². The van der Waals surface area contributed by atoms with E-state index in [1.807, 2.05) is 58.5 Å². The minimum absolute atomic E-state index is 0.239. The summed E-state index contributed by atoms with van der Waals surface area (Å²) in [5.41, 5.74) is 6.07. The van der Waals surface area contributed by atoms with Crippen molar-refractivity contribution in [3.05, 3.63) is 89.2 Å². The van der Waals surface area contributed by atoms with E-state index in [1.165, 1.54) is 6.21 Å². The number of carbonyl (C=O) groups excluding carboxylic acids is 1. The van der Waals surface area contributed by atoms with Crippen LogP contribution in [-0.2, 0) is 6.54 Å². The molecular weight excluding hydrogens is 344 g/mol. The first-order chi connectivity index (χ1) is 12.8. The monoisotopic (exact) mass is 360 g/mol. The number of aromatic nitrogens is 2. The van der Waals surface area contributed by atoms with Gasteiger partial charge in [-0.15, -0.1) is 11.3 Å². The number of thiophene rings is 1. The number of amides is 1. The molecule has 5 nitrogen and oxygen atoms in total. The van der Waals surface area contributed by atoms with Gasteiger partial charge in [-0.25, -0.2) is 5.43 Å². The van der Waals surface area contributed by atoms with Crippen LogP contribution in [0.5, 0.6) is 0 Å². The van der Waals surface area contributed by atoms with E-state index >= 15 is 0 Å². The van der Waals surface area contributed by atoms with E-state index in [0.29, 0.717) is 17.9 Å². The number of carbonyl (C=O) groups is 1. The molecule has 0 aliphatic heterocycles. The highest BCUT2D eigenvalue weighted by molar-refractivity contribution is 7.17. The second-order valence-corrected chi connectivity index (χ2v) is 6.67. The molecule has 0 saturated heterocycles. The predicted octanol–water partition coefficient (Wildman–Crippen LogP) is 3.91. The maximum atomic E-state index is 12.7. The van der Waals surface area contributed by atoms with Gasteiger partial charge in [0.2, 0.25) is 0 Å². The van der Waals surface area contributed by atoms with Crippen LogP contribution in [0.15, 0.2) is 77.3 Å². The van der Waals surface area contributed by atoms with Gasteiger partial charge in [0.05, 0.1) is 22.1 Å². The summed E-state index contributed by atoms with van der Waals surface area (Å²) in [5, 5.41) is 6.06. The average molecular weight is 360 g/mol. The van der Waals surface area contributed by atoms with E-state index in [-0.39, 0.29) is 5.91 Å². The molecule has 128 valence electrons. The lowest BCUT2D eigenvalue weighted by atomic mass is 10.2. The molecule has 1 N–H and O–H groups in total. The lowest BCUT2D eigenvalue weighted by Gasteiger charge is -2.09.